The summed E-state index contributed by atoms with van der Waals surface area (Å²) in [6, 6.07) is 0. The molecule has 1 heteroatoms. The van der Waals surface area contributed by atoms with E-state index in [1.807, 2.05) is 0 Å². The molecule has 0 aliphatic heterocycles. The summed E-state index contributed by atoms with van der Waals surface area (Å²) in [7, 11) is 0. The SMILES string of the molecule is CC1=CCC2C(C1)C(C)=CC(O)C2C. The Bertz CT molecular complexity index is 288. The van der Waals surface area contributed by atoms with Crippen molar-refractivity contribution in [1.29, 1.82) is 0 Å². The standard InChI is InChI=1S/C13H20O/c1-8-4-5-11-10(3)13(14)7-9(2)12(11)6-8/h4,7,10-14H,5-6H2,1-3H3. The molecule has 2 rings (SSSR count). The molecular weight excluding hydrogens is 172 g/mol. The predicted octanol–water partition coefficient (Wildman–Crippen LogP) is 2.92. The molecular formula is C13H20O. The molecule has 0 aromatic rings. The minimum Gasteiger partial charge on any atom is -0.389 e. The molecule has 2 aliphatic carbocycles. The second-order valence-electron chi connectivity index (χ2n) is 5.02. The molecule has 0 heterocycles. The van der Waals surface area contributed by atoms with Crippen molar-refractivity contribution in [3.05, 3.63) is 23.3 Å². The topological polar surface area (TPSA) is 20.2 Å². The van der Waals surface area contributed by atoms with Crippen LogP contribution in [0.15, 0.2) is 23.3 Å². The van der Waals surface area contributed by atoms with Crippen LogP contribution >= 0.6 is 0 Å². The molecule has 1 nitrogen and oxygen atoms in total. The number of rotatable bonds is 0. The highest BCUT2D eigenvalue weighted by Gasteiger charge is 2.36. The number of aliphatic hydroxyl groups excluding tert-OH is 1. The van der Waals surface area contributed by atoms with Gasteiger partial charge in [0.2, 0.25) is 0 Å². The lowest BCUT2D eigenvalue weighted by Gasteiger charge is -2.41. The average molecular weight is 192 g/mol. The van der Waals surface area contributed by atoms with Crippen molar-refractivity contribution < 1.29 is 5.11 Å². The summed E-state index contributed by atoms with van der Waals surface area (Å²) in [4.78, 5) is 0. The third kappa shape index (κ3) is 1.54. The normalized spacial score (nSPS) is 42.6. The molecule has 0 radical (unpaired) electrons. The molecule has 2 aliphatic rings. The van der Waals surface area contributed by atoms with Crippen molar-refractivity contribution in [2.24, 2.45) is 17.8 Å². The van der Waals surface area contributed by atoms with Gasteiger partial charge >= 0.3 is 0 Å². The first kappa shape index (κ1) is 9.97. The van der Waals surface area contributed by atoms with Crippen LogP contribution in [0.4, 0.5) is 0 Å². The second kappa shape index (κ2) is 3.54. The quantitative estimate of drug-likeness (QED) is 0.585. The van der Waals surface area contributed by atoms with E-state index < -0.39 is 0 Å². The Labute approximate surface area is 86.5 Å². The Balaban J connectivity index is 2.28. The molecule has 0 saturated heterocycles. The Morgan fingerprint density at radius 2 is 2.07 bits per heavy atom. The fourth-order valence-corrected chi connectivity index (χ4v) is 2.96. The Morgan fingerprint density at radius 3 is 2.79 bits per heavy atom. The van der Waals surface area contributed by atoms with Gasteiger partial charge in [-0.15, -0.1) is 0 Å². The van der Waals surface area contributed by atoms with Gasteiger partial charge in [0.25, 0.3) is 0 Å². The van der Waals surface area contributed by atoms with Gasteiger partial charge in [0.05, 0.1) is 6.10 Å². The van der Waals surface area contributed by atoms with E-state index in [1.165, 1.54) is 17.6 Å². The van der Waals surface area contributed by atoms with E-state index >= 15 is 0 Å². The summed E-state index contributed by atoms with van der Waals surface area (Å²) < 4.78 is 0. The van der Waals surface area contributed by atoms with Crippen LogP contribution in [-0.2, 0) is 0 Å². The lowest BCUT2D eigenvalue weighted by Crippen LogP contribution is -2.36. The first-order valence-electron chi connectivity index (χ1n) is 5.61. The number of aliphatic hydroxyl groups is 1. The van der Waals surface area contributed by atoms with Crippen LogP contribution in [0.5, 0.6) is 0 Å². The number of hydrogen-bond acceptors (Lipinski definition) is 1. The highest BCUT2D eigenvalue weighted by molar-refractivity contribution is 5.21. The minimum atomic E-state index is -0.219. The molecule has 1 N–H and O–H groups in total. The van der Waals surface area contributed by atoms with E-state index in [2.05, 4.69) is 32.9 Å². The molecule has 0 amide bonds. The largest absolute Gasteiger partial charge is 0.389 e. The van der Waals surface area contributed by atoms with Crippen molar-refractivity contribution in [1.82, 2.24) is 0 Å². The van der Waals surface area contributed by atoms with Crippen LogP contribution in [0.2, 0.25) is 0 Å². The van der Waals surface area contributed by atoms with E-state index in [9.17, 15) is 5.11 Å². The van der Waals surface area contributed by atoms with Gasteiger partial charge in [0.1, 0.15) is 0 Å². The molecule has 0 bridgehead atoms. The van der Waals surface area contributed by atoms with Crippen LogP contribution < -0.4 is 0 Å². The minimum absolute atomic E-state index is 0.219. The van der Waals surface area contributed by atoms with Gasteiger partial charge in [-0.25, -0.2) is 0 Å². The van der Waals surface area contributed by atoms with Gasteiger partial charge in [0, 0.05) is 0 Å². The van der Waals surface area contributed by atoms with Crippen molar-refractivity contribution in [2.75, 3.05) is 0 Å². The van der Waals surface area contributed by atoms with Crippen LogP contribution in [0.25, 0.3) is 0 Å². The summed E-state index contributed by atoms with van der Waals surface area (Å²) in [5.74, 6) is 1.78. The zero-order valence-corrected chi connectivity index (χ0v) is 9.33. The Kier molecular flexibility index (Phi) is 2.52. The Morgan fingerprint density at radius 1 is 1.36 bits per heavy atom. The van der Waals surface area contributed by atoms with Gasteiger partial charge in [-0.2, -0.15) is 0 Å². The van der Waals surface area contributed by atoms with E-state index in [0.717, 1.165) is 6.42 Å². The third-order valence-electron chi connectivity index (χ3n) is 4.03. The molecule has 4 atom stereocenters. The maximum Gasteiger partial charge on any atom is 0.0752 e. The average Bonchev–Trinajstić information content (AvgIpc) is 2.14. The van der Waals surface area contributed by atoms with Crippen LogP contribution in [0, 0.1) is 17.8 Å². The van der Waals surface area contributed by atoms with Gasteiger partial charge in [-0.3, -0.25) is 0 Å². The summed E-state index contributed by atoms with van der Waals surface area (Å²) in [6.45, 7) is 6.57. The third-order valence-corrected chi connectivity index (χ3v) is 4.03. The summed E-state index contributed by atoms with van der Waals surface area (Å²) in [5, 5.41) is 9.86. The number of allylic oxidation sites excluding steroid dienone is 3. The molecule has 0 fully saturated rings. The maximum atomic E-state index is 9.86. The van der Waals surface area contributed by atoms with Crippen LogP contribution in [0.3, 0.4) is 0 Å². The number of fused-ring (bicyclic) bond motifs is 1. The first-order valence-corrected chi connectivity index (χ1v) is 5.61. The molecule has 78 valence electrons. The smallest absolute Gasteiger partial charge is 0.0752 e. The van der Waals surface area contributed by atoms with E-state index in [4.69, 9.17) is 0 Å². The van der Waals surface area contributed by atoms with Gasteiger partial charge < -0.3 is 5.11 Å². The fraction of sp³-hybridized carbons (Fsp3) is 0.692. The first-order chi connectivity index (χ1) is 6.59. The van der Waals surface area contributed by atoms with Crippen molar-refractivity contribution in [2.45, 2.75) is 39.7 Å². The summed E-state index contributed by atoms with van der Waals surface area (Å²) >= 11 is 0. The molecule has 14 heavy (non-hydrogen) atoms. The monoisotopic (exact) mass is 192 g/mol. The predicted molar refractivity (Wildman–Crippen MR) is 58.9 cm³/mol. The van der Waals surface area contributed by atoms with Crippen LogP contribution in [-0.4, -0.2) is 11.2 Å². The Hall–Kier alpha value is -0.560. The van der Waals surface area contributed by atoms with Gasteiger partial charge in [0.15, 0.2) is 0 Å². The lowest BCUT2D eigenvalue weighted by atomic mass is 9.66. The fourth-order valence-electron chi connectivity index (χ4n) is 2.96. The van der Waals surface area contributed by atoms with E-state index in [-0.39, 0.29) is 6.10 Å². The highest BCUT2D eigenvalue weighted by Crippen LogP contribution is 2.43. The maximum absolute atomic E-state index is 9.86. The van der Waals surface area contributed by atoms with Gasteiger partial charge in [-0.05, 0) is 44.4 Å². The number of hydrogen-bond donors (Lipinski definition) is 1. The van der Waals surface area contributed by atoms with Crippen molar-refractivity contribution >= 4 is 0 Å². The van der Waals surface area contributed by atoms with Crippen LogP contribution in [0.1, 0.15) is 33.6 Å². The summed E-state index contributed by atoms with van der Waals surface area (Å²) in [6.07, 6.45) is 6.54. The highest BCUT2D eigenvalue weighted by atomic mass is 16.3. The zero-order chi connectivity index (χ0) is 10.3. The molecule has 0 spiro atoms. The van der Waals surface area contributed by atoms with Gasteiger partial charge in [-0.1, -0.05) is 30.2 Å². The molecule has 4 unspecified atom stereocenters. The second-order valence-corrected chi connectivity index (χ2v) is 5.02. The molecule has 0 saturated carbocycles. The molecule has 0 aromatic carbocycles. The van der Waals surface area contributed by atoms with Crippen molar-refractivity contribution in [3.63, 3.8) is 0 Å². The van der Waals surface area contributed by atoms with Crippen molar-refractivity contribution in [3.8, 4) is 0 Å². The lowest BCUT2D eigenvalue weighted by molar-refractivity contribution is 0.0847. The van der Waals surface area contributed by atoms with E-state index in [1.54, 1.807) is 0 Å². The zero-order valence-electron chi connectivity index (χ0n) is 9.33. The van der Waals surface area contributed by atoms with E-state index in [0.29, 0.717) is 17.8 Å². The summed E-state index contributed by atoms with van der Waals surface area (Å²) in [5.41, 5.74) is 2.91. The molecule has 0 aromatic heterocycles.